The number of nitrogens with zero attached hydrogens (tertiary/aromatic N) is 3. The van der Waals surface area contributed by atoms with Gasteiger partial charge in [-0.2, -0.15) is 4.39 Å². The second kappa shape index (κ2) is 7.65. The molecule has 0 bridgehead atoms. The van der Waals surface area contributed by atoms with Crippen LogP contribution in [0.2, 0.25) is 0 Å². The topological polar surface area (TPSA) is 133 Å². The number of fused-ring (bicyclic) bond motifs is 1. The Hall–Kier alpha value is -3.46. The molecule has 0 saturated carbocycles. The highest BCUT2D eigenvalue weighted by Crippen LogP contribution is 2.19. The summed E-state index contributed by atoms with van der Waals surface area (Å²) in [5.41, 5.74) is 6.26. The van der Waals surface area contributed by atoms with Crippen LogP contribution in [0, 0.1) is 5.41 Å². The van der Waals surface area contributed by atoms with Gasteiger partial charge in [-0.05, 0) is 32.1 Å². The minimum atomic E-state index is -1.69. The molecule has 5 N–H and O–H groups in total. The molecule has 0 fully saturated rings. The molecule has 0 spiro atoms. The third-order valence-electron chi connectivity index (χ3n) is 4.06. The number of aromatic nitrogens is 4. The van der Waals surface area contributed by atoms with Gasteiger partial charge in [-0.3, -0.25) is 10.2 Å². The summed E-state index contributed by atoms with van der Waals surface area (Å²) in [6.07, 6.45) is 2.38. The number of H-pyrrole nitrogens is 1. The van der Waals surface area contributed by atoms with Crippen LogP contribution >= 0.6 is 0 Å². The average Bonchev–Trinajstić information content (AvgIpc) is 3.09. The minimum Gasteiger partial charge on any atom is -0.364 e. The van der Waals surface area contributed by atoms with E-state index in [1.165, 1.54) is 12.4 Å². The summed E-state index contributed by atoms with van der Waals surface area (Å²) in [5.74, 6) is 0.519. The highest BCUT2D eigenvalue weighted by Gasteiger charge is 2.19. The summed E-state index contributed by atoms with van der Waals surface area (Å²) in [6, 6.07) is 6.93. The average molecular weight is 381 g/mol. The lowest BCUT2D eigenvalue weighted by atomic mass is 10.1. The smallest absolute Gasteiger partial charge is 0.335 e. The number of benzene rings is 1. The number of rotatable bonds is 7. The Kier molecular flexibility index (Phi) is 5.27. The summed E-state index contributed by atoms with van der Waals surface area (Å²) in [6.45, 7) is 4.18. The Bertz CT molecular complexity index is 1040. The van der Waals surface area contributed by atoms with Gasteiger partial charge in [0.2, 0.25) is 0 Å². The van der Waals surface area contributed by atoms with Crippen LogP contribution in [0.1, 0.15) is 25.4 Å². The van der Waals surface area contributed by atoms with E-state index in [-0.39, 0.29) is 22.8 Å². The van der Waals surface area contributed by atoms with Crippen molar-refractivity contribution in [2.24, 2.45) is 5.73 Å². The molecule has 0 saturated heterocycles. The van der Waals surface area contributed by atoms with Gasteiger partial charge >= 0.3 is 6.04 Å². The van der Waals surface area contributed by atoms with E-state index in [1.54, 1.807) is 24.3 Å². The lowest BCUT2D eigenvalue weighted by Crippen LogP contribution is -2.39. The van der Waals surface area contributed by atoms with Crippen LogP contribution in [-0.4, -0.2) is 43.8 Å². The SMILES string of the molecule is CC(C)(CN)Nc1cc(C(=N)/C=C(\C(=O)F)c2nc3ccccc3[nH]2)ncn1. The molecule has 0 unspecified atom stereocenters. The molecule has 0 amide bonds. The molecule has 0 aliphatic carbocycles. The number of carbonyl (C=O) groups is 1. The first-order chi connectivity index (χ1) is 13.3. The molecule has 3 aromatic rings. The summed E-state index contributed by atoms with van der Waals surface area (Å²) >= 11 is 0. The number of halogens is 1. The predicted molar refractivity (Wildman–Crippen MR) is 106 cm³/mol. The second-order valence-corrected chi connectivity index (χ2v) is 6.85. The number of nitrogens with one attached hydrogen (secondary N) is 3. The van der Waals surface area contributed by atoms with Crippen molar-refractivity contribution in [3.63, 3.8) is 0 Å². The maximum absolute atomic E-state index is 13.7. The maximum Gasteiger partial charge on any atom is 0.335 e. The molecular weight excluding hydrogens is 361 g/mol. The van der Waals surface area contributed by atoms with Crippen LogP contribution in [0.5, 0.6) is 0 Å². The number of hydrogen-bond donors (Lipinski definition) is 4. The van der Waals surface area contributed by atoms with Gasteiger partial charge in [-0.25, -0.2) is 15.0 Å². The van der Waals surface area contributed by atoms with Crippen molar-refractivity contribution < 1.29 is 9.18 Å². The molecule has 8 nitrogen and oxygen atoms in total. The molecule has 2 heterocycles. The Morgan fingerprint density at radius 2 is 2.11 bits per heavy atom. The normalized spacial score (nSPS) is 12.2. The van der Waals surface area contributed by atoms with Crippen molar-refractivity contribution in [2.45, 2.75) is 19.4 Å². The molecule has 0 aliphatic heterocycles. The number of anilines is 1. The molecule has 0 atom stereocenters. The Morgan fingerprint density at radius 1 is 1.36 bits per heavy atom. The number of nitrogens with two attached hydrogens (primary N) is 1. The minimum absolute atomic E-state index is 0.0510. The van der Waals surface area contributed by atoms with Crippen molar-refractivity contribution in [1.82, 2.24) is 19.9 Å². The van der Waals surface area contributed by atoms with Crippen molar-refractivity contribution in [2.75, 3.05) is 11.9 Å². The zero-order valence-corrected chi connectivity index (χ0v) is 15.5. The quantitative estimate of drug-likeness (QED) is 0.282. The molecular formula is C19H20FN7O. The van der Waals surface area contributed by atoms with Gasteiger partial charge in [0, 0.05) is 18.2 Å². The lowest BCUT2D eigenvalue weighted by molar-refractivity contribution is -0.123. The van der Waals surface area contributed by atoms with Crippen LogP contribution < -0.4 is 11.1 Å². The molecule has 0 radical (unpaired) electrons. The monoisotopic (exact) mass is 381 g/mol. The summed E-state index contributed by atoms with van der Waals surface area (Å²) in [5, 5.41) is 11.4. The van der Waals surface area contributed by atoms with Crippen molar-refractivity contribution in [3.05, 3.63) is 54.3 Å². The lowest BCUT2D eigenvalue weighted by Gasteiger charge is -2.24. The molecule has 3 rings (SSSR count). The van der Waals surface area contributed by atoms with Gasteiger partial charge in [0.1, 0.15) is 18.0 Å². The standard InChI is InChI=1S/C19H20FN7O/c1-19(2,9-21)27-16-8-15(23-10-24-16)12(22)7-11(17(20)28)18-25-13-5-3-4-6-14(13)26-18/h3-8,10,22H,9,21H2,1-2H3,(H,25,26)(H,23,24,27)/b11-7+,22-12?. The third kappa shape index (κ3) is 4.26. The Morgan fingerprint density at radius 3 is 2.79 bits per heavy atom. The van der Waals surface area contributed by atoms with E-state index in [2.05, 4.69) is 25.3 Å². The van der Waals surface area contributed by atoms with E-state index >= 15 is 0 Å². The largest absolute Gasteiger partial charge is 0.364 e. The molecule has 144 valence electrons. The summed E-state index contributed by atoms with van der Waals surface area (Å²) < 4.78 is 13.7. The van der Waals surface area contributed by atoms with Gasteiger partial charge in [0.15, 0.2) is 0 Å². The van der Waals surface area contributed by atoms with Gasteiger partial charge in [0.05, 0.1) is 28.0 Å². The number of hydrogen-bond acceptors (Lipinski definition) is 7. The van der Waals surface area contributed by atoms with E-state index in [0.717, 1.165) is 6.08 Å². The highest BCUT2D eigenvalue weighted by molar-refractivity contribution is 6.23. The van der Waals surface area contributed by atoms with Crippen LogP contribution in [0.3, 0.4) is 0 Å². The van der Waals surface area contributed by atoms with Crippen molar-refractivity contribution in [3.8, 4) is 0 Å². The molecule has 28 heavy (non-hydrogen) atoms. The Labute approximate surface area is 160 Å². The number of carbonyl (C=O) groups excluding carboxylic acids is 1. The second-order valence-electron chi connectivity index (χ2n) is 6.85. The highest BCUT2D eigenvalue weighted by atomic mass is 19.1. The fourth-order valence-electron chi connectivity index (χ4n) is 2.49. The predicted octanol–water partition coefficient (Wildman–Crippen LogP) is 2.45. The van der Waals surface area contributed by atoms with Crippen LogP contribution in [0.15, 0.2) is 42.7 Å². The third-order valence-corrected chi connectivity index (χ3v) is 4.06. The number of para-hydroxylation sites is 2. The number of imidazole rings is 1. The van der Waals surface area contributed by atoms with E-state index in [0.29, 0.717) is 23.4 Å². The number of aromatic amines is 1. The van der Waals surface area contributed by atoms with Gasteiger partial charge in [-0.1, -0.05) is 12.1 Å². The fourth-order valence-corrected chi connectivity index (χ4v) is 2.49. The van der Waals surface area contributed by atoms with E-state index in [1.807, 2.05) is 13.8 Å². The molecule has 9 heteroatoms. The van der Waals surface area contributed by atoms with Gasteiger partial charge < -0.3 is 16.0 Å². The van der Waals surface area contributed by atoms with Crippen molar-refractivity contribution in [1.29, 1.82) is 5.41 Å². The first-order valence-electron chi connectivity index (χ1n) is 8.55. The van der Waals surface area contributed by atoms with E-state index in [4.69, 9.17) is 11.1 Å². The fraction of sp³-hybridized carbons (Fsp3) is 0.211. The van der Waals surface area contributed by atoms with E-state index in [9.17, 15) is 9.18 Å². The Balaban J connectivity index is 1.93. The molecule has 0 aliphatic rings. The summed E-state index contributed by atoms with van der Waals surface area (Å²) in [4.78, 5) is 26.8. The number of allylic oxidation sites excluding steroid dienone is 2. The van der Waals surface area contributed by atoms with Crippen LogP contribution in [0.4, 0.5) is 10.2 Å². The first kappa shape index (κ1) is 19.3. The van der Waals surface area contributed by atoms with Gasteiger partial charge in [-0.15, -0.1) is 0 Å². The molecule has 2 aromatic heterocycles. The zero-order valence-electron chi connectivity index (χ0n) is 15.5. The van der Waals surface area contributed by atoms with E-state index < -0.39 is 11.6 Å². The maximum atomic E-state index is 13.7. The zero-order chi connectivity index (χ0) is 20.3. The summed E-state index contributed by atoms with van der Waals surface area (Å²) in [7, 11) is 0. The van der Waals surface area contributed by atoms with Crippen molar-refractivity contribution >= 4 is 34.2 Å². The molecule has 1 aromatic carbocycles. The van der Waals surface area contributed by atoms with Crippen LogP contribution in [-0.2, 0) is 4.79 Å². The van der Waals surface area contributed by atoms with Gasteiger partial charge in [0.25, 0.3) is 0 Å². The van der Waals surface area contributed by atoms with Crippen LogP contribution in [0.25, 0.3) is 16.6 Å². The first-order valence-corrected chi connectivity index (χ1v) is 8.55.